The average Bonchev–Trinajstić information content (AvgIpc) is 3.43. The molecule has 12 nitrogen and oxygen atoms in total. The summed E-state index contributed by atoms with van der Waals surface area (Å²) in [5.41, 5.74) is 10.9. The molecule has 0 radical (unpaired) electrons. The molecule has 0 atom stereocenters. The van der Waals surface area contributed by atoms with Crippen molar-refractivity contribution in [3.8, 4) is 0 Å². The Morgan fingerprint density at radius 2 is 1.84 bits per heavy atom. The minimum atomic E-state index is -1.39. The van der Waals surface area contributed by atoms with Gasteiger partial charge in [0.2, 0.25) is 5.91 Å². The number of nitrogens with two attached hydrogens (primary N) is 1. The number of aryl methyl sites for hydroxylation is 2. The van der Waals surface area contributed by atoms with E-state index in [1.807, 2.05) is 42.2 Å². The van der Waals surface area contributed by atoms with Gasteiger partial charge in [-0.15, -0.1) is 10.2 Å². The van der Waals surface area contributed by atoms with E-state index in [9.17, 15) is 18.8 Å². The van der Waals surface area contributed by atoms with Crippen molar-refractivity contribution in [1.82, 2.24) is 20.6 Å². The lowest BCUT2D eigenvalue weighted by molar-refractivity contribution is -0.117. The Labute approximate surface area is 246 Å². The molecule has 43 heavy (non-hydrogen) atoms. The van der Waals surface area contributed by atoms with Crippen LogP contribution in [0.1, 0.15) is 45.7 Å². The Hall–Kier alpha value is -5.17. The van der Waals surface area contributed by atoms with E-state index in [0.717, 1.165) is 54.3 Å². The number of fused-ring (bicyclic) bond motifs is 2. The van der Waals surface area contributed by atoms with Crippen molar-refractivity contribution < 1.29 is 23.9 Å². The maximum Gasteiger partial charge on any atom is 0.412 e. The van der Waals surface area contributed by atoms with E-state index in [1.54, 1.807) is 0 Å². The second kappa shape index (κ2) is 12.8. The molecular formula is C30H31FN8O4. The van der Waals surface area contributed by atoms with E-state index in [1.165, 1.54) is 22.6 Å². The molecule has 2 aliphatic heterocycles. The van der Waals surface area contributed by atoms with E-state index >= 15 is 0 Å². The third-order valence-corrected chi connectivity index (χ3v) is 7.46. The van der Waals surface area contributed by atoms with E-state index in [2.05, 4.69) is 32.8 Å². The van der Waals surface area contributed by atoms with Crippen molar-refractivity contribution >= 4 is 35.0 Å². The number of rotatable bonds is 4. The van der Waals surface area contributed by atoms with Gasteiger partial charge in [0.25, 0.3) is 5.91 Å². The van der Waals surface area contributed by atoms with Crippen LogP contribution in [0.15, 0.2) is 60.7 Å². The third kappa shape index (κ3) is 6.21. The maximum absolute atomic E-state index is 14.0. The molecule has 4 aromatic rings. The van der Waals surface area contributed by atoms with E-state index in [-0.39, 0.29) is 29.7 Å². The van der Waals surface area contributed by atoms with Crippen molar-refractivity contribution in [2.75, 3.05) is 27.8 Å². The number of aromatic amines is 1. The maximum atomic E-state index is 14.0. The Balaban J connectivity index is 0.000000171. The Bertz CT molecular complexity index is 1650. The highest BCUT2D eigenvalue weighted by Crippen LogP contribution is 2.36. The summed E-state index contributed by atoms with van der Waals surface area (Å²) < 4.78 is 14.0. The van der Waals surface area contributed by atoms with Crippen LogP contribution in [0.2, 0.25) is 0 Å². The summed E-state index contributed by atoms with van der Waals surface area (Å²) in [7, 11) is 0. The molecule has 0 saturated heterocycles. The Kier molecular flexibility index (Phi) is 8.71. The van der Waals surface area contributed by atoms with Crippen LogP contribution in [0, 0.1) is 12.7 Å². The molecule has 0 unspecified atom stereocenters. The van der Waals surface area contributed by atoms with Crippen molar-refractivity contribution in [3.63, 3.8) is 0 Å². The van der Waals surface area contributed by atoms with Crippen LogP contribution in [-0.2, 0) is 24.3 Å². The molecule has 0 spiro atoms. The molecule has 0 bridgehead atoms. The van der Waals surface area contributed by atoms with Gasteiger partial charge in [-0.1, -0.05) is 35.5 Å². The van der Waals surface area contributed by atoms with Gasteiger partial charge in [0.15, 0.2) is 5.82 Å². The summed E-state index contributed by atoms with van der Waals surface area (Å²) in [5.74, 6) is -0.899. The monoisotopic (exact) mass is 586 g/mol. The summed E-state index contributed by atoms with van der Waals surface area (Å²) >= 11 is 0. The lowest BCUT2D eigenvalue weighted by Crippen LogP contribution is -2.48. The zero-order valence-corrected chi connectivity index (χ0v) is 23.5. The van der Waals surface area contributed by atoms with Crippen LogP contribution in [0.25, 0.3) is 0 Å². The lowest BCUT2D eigenvalue weighted by Gasteiger charge is -2.34. The summed E-state index contributed by atoms with van der Waals surface area (Å²) in [6.07, 6.45) is 1.83. The van der Waals surface area contributed by atoms with E-state index < -0.39 is 24.4 Å². The number of tetrazole rings is 1. The number of hydrogen-bond acceptors (Lipinski definition) is 7. The predicted molar refractivity (Wildman–Crippen MR) is 157 cm³/mol. The fraction of sp³-hybridized carbons (Fsp3) is 0.267. The van der Waals surface area contributed by atoms with Crippen LogP contribution in [0.5, 0.6) is 0 Å². The van der Waals surface area contributed by atoms with Gasteiger partial charge >= 0.3 is 6.09 Å². The van der Waals surface area contributed by atoms with Crippen LogP contribution in [0.4, 0.5) is 26.2 Å². The number of hydrogen-bond donors (Lipinski definition) is 3. The summed E-state index contributed by atoms with van der Waals surface area (Å²) in [6.45, 7) is 2.80. The number of aromatic nitrogens is 4. The number of nitrogens with zero attached hydrogens (tertiary/aromatic N) is 6. The van der Waals surface area contributed by atoms with Crippen LogP contribution < -0.4 is 20.4 Å². The topological polar surface area (TPSA) is 162 Å². The first-order chi connectivity index (χ1) is 20.8. The van der Waals surface area contributed by atoms with Crippen molar-refractivity contribution in [2.45, 2.75) is 39.3 Å². The van der Waals surface area contributed by atoms with Gasteiger partial charge in [0, 0.05) is 24.3 Å². The largest absolute Gasteiger partial charge is 0.465 e. The number of benzene rings is 3. The van der Waals surface area contributed by atoms with Gasteiger partial charge in [0.05, 0.1) is 12.2 Å². The molecule has 0 saturated carbocycles. The zero-order valence-electron chi connectivity index (χ0n) is 23.5. The summed E-state index contributed by atoms with van der Waals surface area (Å²) in [4.78, 5) is 40.1. The van der Waals surface area contributed by atoms with E-state index in [4.69, 9.17) is 10.8 Å². The molecule has 0 fully saturated rings. The third-order valence-electron chi connectivity index (χ3n) is 7.46. The van der Waals surface area contributed by atoms with Gasteiger partial charge in [-0.2, -0.15) is 5.21 Å². The minimum Gasteiger partial charge on any atom is -0.465 e. The molecule has 2 aliphatic rings. The number of halogens is 1. The summed E-state index contributed by atoms with van der Waals surface area (Å²) in [5, 5.41) is 22.2. The highest BCUT2D eigenvalue weighted by atomic mass is 19.1. The number of amides is 3. The number of para-hydroxylation sites is 2. The SMILES string of the molecule is Cc1cc(C(=O)N2CCCCc3ccccc32)ccc1CN.O=C1CN(C(=O)O)c2c(F)cccc2N1Cc1nn[nH]n1. The minimum absolute atomic E-state index is 0.0285. The quantitative estimate of drug-likeness (QED) is 0.325. The molecule has 6 rings (SSSR count). The second-order valence-corrected chi connectivity index (χ2v) is 10.2. The highest BCUT2D eigenvalue weighted by Gasteiger charge is 2.35. The first-order valence-corrected chi connectivity index (χ1v) is 13.8. The van der Waals surface area contributed by atoms with E-state index in [0.29, 0.717) is 11.4 Å². The Morgan fingerprint density at radius 1 is 1.05 bits per heavy atom. The van der Waals surface area contributed by atoms with Gasteiger partial charge in [0.1, 0.15) is 18.0 Å². The number of carbonyl (C=O) groups is 3. The van der Waals surface area contributed by atoms with Gasteiger partial charge in [-0.25, -0.2) is 9.18 Å². The first-order valence-electron chi connectivity index (χ1n) is 13.8. The second-order valence-electron chi connectivity index (χ2n) is 10.2. The molecule has 3 amide bonds. The van der Waals surface area contributed by atoms with Gasteiger partial charge < -0.3 is 20.6 Å². The van der Waals surface area contributed by atoms with Crippen LogP contribution in [-0.4, -0.2) is 56.7 Å². The zero-order chi connectivity index (χ0) is 30.5. The van der Waals surface area contributed by atoms with Gasteiger partial charge in [-0.3, -0.25) is 14.5 Å². The Morgan fingerprint density at radius 3 is 2.56 bits per heavy atom. The normalized spacial score (nSPS) is 14.3. The fourth-order valence-electron chi connectivity index (χ4n) is 5.27. The first kappa shape index (κ1) is 29.3. The number of nitrogens with one attached hydrogen (secondary N) is 1. The molecular weight excluding hydrogens is 555 g/mol. The summed E-state index contributed by atoms with van der Waals surface area (Å²) in [6, 6.07) is 18.1. The van der Waals surface area contributed by atoms with Crippen molar-refractivity contribution in [3.05, 3.63) is 94.6 Å². The molecule has 222 valence electrons. The standard InChI is InChI=1S/C19H22N2O.C11H9FN6O3/c1-14-12-16(9-10-17(14)13-20)19(22)21-11-5-4-7-15-6-2-3-8-18(15)21;12-6-2-1-3-7-10(6)18(11(20)21)5-9(19)17(7)4-8-13-15-16-14-8/h2-3,6,8-10,12H,4-5,7,11,13,20H2,1H3;1-3H,4-5H2,(H,20,21)(H,13,14,15,16). The highest BCUT2D eigenvalue weighted by molar-refractivity contribution is 6.09. The molecule has 1 aromatic heterocycles. The van der Waals surface area contributed by atoms with Crippen molar-refractivity contribution in [2.24, 2.45) is 5.73 Å². The smallest absolute Gasteiger partial charge is 0.412 e. The lowest BCUT2D eigenvalue weighted by atomic mass is 10.0. The number of carbonyl (C=O) groups excluding carboxylic acids is 2. The van der Waals surface area contributed by atoms with Crippen molar-refractivity contribution in [1.29, 1.82) is 0 Å². The molecule has 0 aliphatic carbocycles. The van der Waals surface area contributed by atoms with Crippen LogP contribution >= 0.6 is 0 Å². The molecule has 3 heterocycles. The average molecular weight is 587 g/mol. The fourth-order valence-corrected chi connectivity index (χ4v) is 5.27. The number of H-pyrrole nitrogens is 1. The molecule has 13 heteroatoms. The number of carboxylic acid groups (broad SMARTS) is 1. The number of anilines is 3. The predicted octanol–water partition coefficient (Wildman–Crippen LogP) is 3.81. The van der Waals surface area contributed by atoms with Crippen LogP contribution in [0.3, 0.4) is 0 Å². The van der Waals surface area contributed by atoms with Gasteiger partial charge in [-0.05, 0) is 73.2 Å². The molecule has 4 N–H and O–H groups in total. The molecule has 3 aromatic carbocycles.